The van der Waals surface area contributed by atoms with Gasteiger partial charge in [-0.05, 0) is 19.1 Å². The van der Waals surface area contributed by atoms with Gasteiger partial charge in [-0.2, -0.15) is 0 Å². The van der Waals surface area contributed by atoms with Gasteiger partial charge in [0, 0.05) is 5.56 Å². The Morgan fingerprint density at radius 3 is 2.48 bits per heavy atom. The molecule has 0 saturated carbocycles. The lowest BCUT2D eigenvalue weighted by molar-refractivity contribution is -0.122. The van der Waals surface area contributed by atoms with E-state index >= 15 is 0 Å². The van der Waals surface area contributed by atoms with E-state index in [2.05, 4.69) is 15.5 Å². The van der Waals surface area contributed by atoms with Crippen molar-refractivity contribution in [3.63, 3.8) is 0 Å². The summed E-state index contributed by atoms with van der Waals surface area (Å²) in [6.45, 7) is 1.64. The monoisotopic (exact) mass is 429 g/mol. The molecule has 7 nitrogen and oxygen atoms in total. The number of nitrogens with one attached hydrogen (secondary N) is 1. The van der Waals surface area contributed by atoms with Crippen LogP contribution in [0.3, 0.4) is 0 Å². The lowest BCUT2D eigenvalue weighted by Crippen LogP contribution is -2.30. The standard InChI is InChI=1S/C20H19N3O4S2/c1-13(27-17-11-7-6-10-16(17)26-2)18(25)21-19-22-23-20(29-19)28-12-15(24)14-8-4-3-5-9-14/h3-11,13H,12H2,1-2H3,(H,21,22,25). The number of hydrogen-bond donors (Lipinski definition) is 1. The molecule has 0 fully saturated rings. The number of amides is 1. The predicted molar refractivity (Wildman–Crippen MR) is 113 cm³/mol. The Morgan fingerprint density at radius 1 is 1.07 bits per heavy atom. The van der Waals surface area contributed by atoms with Gasteiger partial charge >= 0.3 is 0 Å². The average Bonchev–Trinajstić information content (AvgIpc) is 3.20. The summed E-state index contributed by atoms with van der Waals surface area (Å²) < 4.78 is 11.5. The van der Waals surface area contributed by atoms with Crippen LogP contribution in [-0.4, -0.2) is 40.9 Å². The van der Waals surface area contributed by atoms with Crippen molar-refractivity contribution < 1.29 is 19.1 Å². The van der Waals surface area contributed by atoms with Crippen LogP contribution in [0, 0.1) is 0 Å². The highest BCUT2D eigenvalue weighted by atomic mass is 32.2. The molecule has 1 heterocycles. The predicted octanol–water partition coefficient (Wildman–Crippen LogP) is 3.93. The molecule has 1 N–H and O–H groups in total. The molecule has 0 spiro atoms. The molecule has 1 atom stereocenters. The minimum atomic E-state index is -0.758. The SMILES string of the molecule is COc1ccccc1OC(C)C(=O)Nc1nnc(SCC(=O)c2ccccc2)s1. The molecule has 0 aliphatic carbocycles. The van der Waals surface area contributed by atoms with Crippen molar-refractivity contribution in [3.8, 4) is 11.5 Å². The van der Waals surface area contributed by atoms with E-state index in [1.807, 2.05) is 24.3 Å². The number of carbonyl (C=O) groups excluding carboxylic acids is 2. The van der Waals surface area contributed by atoms with Crippen LogP contribution in [0.4, 0.5) is 5.13 Å². The minimum Gasteiger partial charge on any atom is -0.493 e. The van der Waals surface area contributed by atoms with Gasteiger partial charge in [-0.3, -0.25) is 14.9 Å². The van der Waals surface area contributed by atoms with Gasteiger partial charge < -0.3 is 9.47 Å². The first-order valence-corrected chi connectivity index (χ1v) is 10.5. The van der Waals surface area contributed by atoms with Crippen LogP contribution < -0.4 is 14.8 Å². The molecule has 0 radical (unpaired) electrons. The lowest BCUT2D eigenvalue weighted by atomic mass is 10.2. The van der Waals surface area contributed by atoms with Gasteiger partial charge in [-0.25, -0.2) is 0 Å². The maximum Gasteiger partial charge on any atom is 0.266 e. The summed E-state index contributed by atoms with van der Waals surface area (Å²) in [5.74, 6) is 0.925. The summed E-state index contributed by atoms with van der Waals surface area (Å²) in [5.41, 5.74) is 0.653. The van der Waals surface area contributed by atoms with Gasteiger partial charge in [-0.1, -0.05) is 65.6 Å². The number of benzene rings is 2. The highest BCUT2D eigenvalue weighted by molar-refractivity contribution is 8.01. The third-order valence-electron chi connectivity index (χ3n) is 3.80. The second-order valence-corrected chi connectivity index (χ2v) is 8.05. The number of thioether (sulfide) groups is 1. The van der Waals surface area contributed by atoms with Crippen molar-refractivity contribution in [2.24, 2.45) is 0 Å². The molecule has 0 aliphatic rings. The van der Waals surface area contributed by atoms with Gasteiger partial charge in [0.1, 0.15) is 0 Å². The van der Waals surface area contributed by atoms with Crippen LogP contribution in [0.15, 0.2) is 58.9 Å². The van der Waals surface area contributed by atoms with Crippen molar-refractivity contribution >= 4 is 39.9 Å². The Balaban J connectivity index is 1.52. The smallest absolute Gasteiger partial charge is 0.266 e. The van der Waals surface area contributed by atoms with Crippen LogP contribution >= 0.6 is 23.1 Å². The minimum absolute atomic E-state index is 0.00946. The largest absolute Gasteiger partial charge is 0.493 e. The molecule has 29 heavy (non-hydrogen) atoms. The van der Waals surface area contributed by atoms with Crippen molar-refractivity contribution in [2.75, 3.05) is 18.2 Å². The number of para-hydroxylation sites is 2. The topological polar surface area (TPSA) is 90.4 Å². The number of anilines is 1. The first kappa shape index (κ1) is 20.8. The van der Waals surface area contributed by atoms with Crippen LogP contribution in [0.2, 0.25) is 0 Å². The zero-order valence-electron chi connectivity index (χ0n) is 15.8. The quantitative estimate of drug-likeness (QED) is 0.313. The molecule has 1 unspecified atom stereocenters. The summed E-state index contributed by atoms with van der Waals surface area (Å²) >= 11 is 2.49. The van der Waals surface area contributed by atoms with E-state index in [1.54, 1.807) is 37.3 Å². The normalized spacial score (nSPS) is 11.5. The first-order valence-electron chi connectivity index (χ1n) is 8.72. The second kappa shape index (κ2) is 10.0. The van der Waals surface area contributed by atoms with E-state index < -0.39 is 6.10 Å². The van der Waals surface area contributed by atoms with Crippen LogP contribution in [0.25, 0.3) is 0 Å². The Morgan fingerprint density at radius 2 is 1.76 bits per heavy atom. The van der Waals surface area contributed by atoms with Crippen molar-refractivity contribution in [3.05, 3.63) is 60.2 Å². The first-order chi connectivity index (χ1) is 14.1. The van der Waals surface area contributed by atoms with Crippen LogP contribution in [-0.2, 0) is 4.79 Å². The fraction of sp³-hybridized carbons (Fsp3) is 0.200. The van der Waals surface area contributed by atoms with Crippen molar-refractivity contribution in [2.45, 2.75) is 17.4 Å². The number of carbonyl (C=O) groups is 2. The Kier molecular flexibility index (Phi) is 7.20. The Labute approximate surface area is 176 Å². The zero-order chi connectivity index (χ0) is 20.6. The van der Waals surface area contributed by atoms with Gasteiger partial charge in [0.05, 0.1) is 12.9 Å². The van der Waals surface area contributed by atoms with E-state index in [9.17, 15) is 9.59 Å². The van der Waals surface area contributed by atoms with E-state index in [-0.39, 0.29) is 17.4 Å². The third kappa shape index (κ3) is 5.78. The highest BCUT2D eigenvalue weighted by Gasteiger charge is 2.19. The number of hydrogen-bond acceptors (Lipinski definition) is 8. The molecular formula is C20H19N3O4S2. The molecule has 9 heteroatoms. The molecule has 1 amide bonds. The summed E-state index contributed by atoms with van der Waals surface area (Å²) in [4.78, 5) is 24.5. The zero-order valence-corrected chi connectivity index (χ0v) is 17.5. The summed E-state index contributed by atoms with van der Waals surface area (Å²) in [6.07, 6.45) is -0.758. The maximum absolute atomic E-state index is 12.4. The highest BCUT2D eigenvalue weighted by Crippen LogP contribution is 2.28. The number of rotatable bonds is 9. The number of Topliss-reactive ketones (excluding diaryl/α,β-unsaturated/α-hetero) is 1. The number of aromatic nitrogens is 2. The molecule has 0 aliphatic heterocycles. The number of ether oxygens (including phenoxy) is 2. The van der Waals surface area contributed by atoms with Crippen molar-refractivity contribution in [1.82, 2.24) is 10.2 Å². The summed E-state index contributed by atoms with van der Waals surface area (Å²) in [6, 6.07) is 16.2. The molecule has 3 rings (SSSR count). The van der Waals surface area contributed by atoms with Gasteiger partial charge in [0.2, 0.25) is 5.13 Å². The molecule has 3 aromatic rings. The molecule has 0 bridgehead atoms. The Bertz CT molecular complexity index is 979. The number of nitrogens with zero attached hydrogens (tertiary/aromatic N) is 2. The van der Waals surface area contributed by atoms with Crippen LogP contribution in [0.5, 0.6) is 11.5 Å². The van der Waals surface area contributed by atoms with E-state index in [0.29, 0.717) is 26.5 Å². The van der Waals surface area contributed by atoms with Gasteiger partial charge in [-0.15, -0.1) is 10.2 Å². The second-order valence-electron chi connectivity index (χ2n) is 5.85. The van der Waals surface area contributed by atoms with E-state index in [0.717, 1.165) is 0 Å². The average molecular weight is 430 g/mol. The van der Waals surface area contributed by atoms with Crippen LogP contribution in [0.1, 0.15) is 17.3 Å². The van der Waals surface area contributed by atoms with Gasteiger partial charge in [0.25, 0.3) is 5.91 Å². The molecule has 2 aromatic carbocycles. The fourth-order valence-corrected chi connectivity index (χ4v) is 3.97. The number of ketones is 1. The lowest BCUT2D eigenvalue weighted by Gasteiger charge is -2.15. The third-order valence-corrected chi connectivity index (χ3v) is 5.77. The Hall–Kier alpha value is -2.91. The fourth-order valence-electron chi connectivity index (χ4n) is 2.32. The van der Waals surface area contributed by atoms with E-state index in [1.165, 1.54) is 30.2 Å². The maximum atomic E-state index is 12.4. The molecule has 0 saturated heterocycles. The summed E-state index contributed by atoms with van der Waals surface area (Å²) in [7, 11) is 1.54. The molecular weight excluding hydrogens is 410 g/mol. The van der Waals surface area contributed by atoms with Gasteiger partial charge in [0.15, 0.2) is 27.7 Å². The molecule has 150 valence electrons. The summed E-state index contributed by atoms with van der Waals surface area (Å²) in [5, 5.41) is 11.0. The van der Waals surface area contributed by atoms with Crippen molar-refractivity contribution in [1.29, 1.82) is 0 Å². The number of methoxy groups -OCH3 is 1. The molecule has 1 aromatic heterocycles. The van der Waals surface area contributed by atoms with E-state index in [4.69, 9.17) is 9.47 Å².